The van der Waals surface area contributed by atoms with Crippen molar-refractivity contribution in [2.45, 2.75) is 38.2 Å². The van der Waals surface area contributed by atoms with Crippen LogP contribution in [0.1, 0.15) is 32.6 Å². The molecule has 0 spiro atoms. The maximum absolute atomic E-state index is 11.2. The minimum atomic E-state index is -0.825. The number of rotatable bonds is 3. The second-order valence-electron chi connectivity index (χ2n) is 4.65. The lowest BCUT2D eigenvalue weighted by atomic mass is 9.56. The summed E-state index contributed by atoms with van der Waals surface area (Å²) in [6, 6.07) is 0. The molecule has 15 heavy (non-hydrogen) atoms. The van der Waals surface area contributed by atoms with Gasteiger partial charge >= 0.3 is 5.97 Å². The molecule has 0 radical (unpaired) electrons. The van der Waals surface area contributed by atoms with Crippen LogP contribution in [0, 0.1) is 11.8 Å². The molecule has 0 amide bonds. The number of carboxylic acid groups (broad SMARTS) is 1. The minimum absolute atomic E-state index is 0.0212. The van der Waals surface area contributed by atoms with Crippen LogP contribution in [0.3, 0.4) is 0 Å². The van der Waals surface area contributed by atoms with E-state index >= 15 is 0 Å². The highest BCUT2D eigenvalue weighted by molar-refractivity contribution is 5.80. The predicted molar refractivity (Wildman–Crippen MR) is 52.4 cm³/mol. The Balaban J connectivity index is 2.18. The molecule has 2 rings (SSSR count). The molecule has 0 aromatic heterocycles. The number of Topliss-reactive ketones (excluding diaryl/α,β-unsaturated/α-hetero) is 1. The third kappa shape index (κ3) is 1.57. The van der Waals surface area contributed by atoms with Gasteiger partial charge in [0.05, 0.1) is 11.5 Å². The van der Waals surface area contributed by atoms with Crippen molar-refractivity contribution >= 4 is 11.8 Å². The molecule has 1 unspecified atom stereocenters. The van der Waals surface area contributed by atoms with Crippen LogP contribution in [0.5, 0.6) is 0 Å². The van der Waals surface area contributed by atoms with E-state index in [0.29, 0.717) is 13.0 Å². The monoisotopic (exact) mass is 212 g/mol. The Bertz CT molecular complexity index is 299. The second-order valence-corrected chi connectivity index (χ2v) is 4.65. The van der Waals surface area contributed by atoms with E-state index in [-0.39, 0.29) is 18.1 Å². The molecule has 0 bridgehead atoms. The molecule has 1 saturated carbocycles. The lowest BCUT2D eigenvalue weighted by Crippen LogP contribution is -2.62. The van der Waals surface area contributed by atoms with Gasteiger partial charge in [0.25, 0.3) is 0 Å². The zero-order valence-electron chi connectivity index (χ0n) is 8.86. The fourth-order valence-corrected chi connectivity index (χ4v) is 3.00. The van der Waals surface area contributed by atoms with Gasteiger partial charge in [-0.2, -0.15) is 0 Å². The lowest BCUT2D eigenvalue weighted by molar-refractivity contribution is -0.226. The molecule has 3 atom stereocenters. The lowest BCUT2D eigenvalue weighted by Gasteiger charge is -2.56. The van der Waals surface area contributed by atoms with Crippen LogP contribution < -0.4 is 0 Å². The summed E-state index contributed by atoms with van der Waals surface area (Å²) in [5.41, 5.74) is -0.671. The van der Waals surface area contributed by atoms with Crippen molar-refractivity contribution in [2.24, 2.45) is 11.8 Å². The maximum Gasteiger partial charge on any atom is 0.309 e. The van der Waals surface area contributed by atoms with E-state index in [1.807, 2.05) is 0 Å². The number of carbonyl (C=O) groups is 2. The first-order chi connectivity index (χ1) is 7.06. The Kier molecular flexibility index (Phi) is 2.54. The molecule has 0 aromatic carbocycles. The highest BCUT2D eigenvalue weighted by atomic mass is 16.5. The Labute approximate surface area is 88.6 Å². The van der Waals surface area contributed by atoms with Gasteiger partial charge in [-0.3, -0.25) is 9.59 Å². The summed E-state index contributed by atoms with van der Waals surface area (Å²) >= 11 is 0. The topological polar surface area (TPSA) is 63.6 Å². The van der Waals surface area contributed by atoms with Gasteiger partial charge in [0.1, 0.15) is 5.78 Å². The minimum Gasteiger partial charge on any atom is -0.481 e. The maximum atomic E-state index is 11.2. The van der Waals surface area contributed by atoms with Crippen molar-refractivity contribution < 1.29 is 19.4 Å². The van der Waals surface area contributed by atoms with Gasteiger partial charge in [0.15, 0.2) is 0 Å². The highest BCUT2D eigenvalue weighted by Crippen LogP contribution is 2.53. The molecule has 4 nitrogen and oxygen atoms in total. The standard InChI is InChI=1S/C11H16O4/c1-7(12)6-11-8(3-2-4-15-11)5-9(11)10(13)14/h8-9H,2-6H2,1H3,(H,13,14)/t8-,9?,11-/m0/s1. The molecule has 1 aliphatic carbocycles. The third-order valence-electron chi connectivity index (χ3n) is 3.69. The summed E-state index contributed by atoms with van der Waals surface area (Å²) in [4.78, 5) is 22.2. The van der Waals surface area contributed by atoms with Gasteiger partial charge in [0.2, 0.25) is 0 Å². The van der Waals surface area contributed by atoms with Gasteiger partial charge < -0.3 is 9.84 Å². The first-order valence-electron chi connectivity index (χ1n) is 5.42. The molecule has 0 aromatic rings. The molecule has 1 heterocycles. The van der Waals surface area contributed by atoms with Crippen molar-refractivity contribution in [2.75, 3.05) is 6.61 Å². The summed E-state index contributed by atoms with van der Waals surface area (Å²) in [7, 11) is 0. The van der Waals surface area contributed by atoms with Gasteiger partial charge in [-0.15, -0.1) is 0 Å². The fourth-order valence-electron chi connectivity index (χ4n) is 3.00. The number of ether oxygens (including phenoxy) is 1. The van der Waals surface area contributed by atoms with Crippen molar-refractivity contribution in [1.82, 2.24) is 0 Å². The summed E-state index contributed by atoms with van der Waals surface area (Å²) in [5.74, 6) is -1.01. The Hall–Kier alpha value is -0.900. The van der Waals surface area contributed by atoms with E-state index in [1.165, 1.54) is 6.92 Å². The third-order valence-corrected chi connectivity index (χ3v) is 3.69. The molecule has 2 aliphatic rings. The largest absolute Gasteiger partial charge is 0.481 e. The van der Waals surface area contributed by atoms with Crippen LogP contribution in [0.15, 0.2) is 0 Å². The fraction of sp³-hybridized carbons (Fsp3) is 0.818. The quantitative estimate of drug-likeness (QED) is 0.764. The van der Waals surface area contributed by atoms with Crippen LogP contribution in [0.4, 0.5) is 0 Å². The average molecular weight is 212 g/mol. The first kappa shape index (κ1) is 10.6. The van der Waals surface area contributed by atoms with E-state index in [0.717, 1.165) is 12.8 Å². The summed E-state index contributed by atoms with van der Waals surface area (Å²) in [6.45, 7) is 2.09. The SMILES string of the molecule is CC(=O)C[C@]12OCCC[C@H]1CC2C(=O)O. The van der Waals surface area contributed by atoms with Gasteiger partial charge in [-0.25, -0.2) is 0 Å². The molecule has 1 N–H and O–H groups in total. The Morgan fingerprint density at radius 2 is 2.27 bits per heavy atom. The van der Waals surface area contributed by atoms with Crippen LogP contribution in [0.25, 0.3) is 0 Å². The molecular formula is C11H16O4. The summed E-state index contributed by atoms with van der Waals surface area (Å²) < 4.78 is 5.65. The van der Waals surface area contributed by atoms with Gasteiger partial charge in [0, 0.05) is 13.0 Å². The molecular weight excluding hydrogens is 196 g/mol. The first-order valence-corrected chi connectivity index (χ1v) is 5.42. The number of hydrogen-bond acceptors (Lipinski definition) is 3. The molecule has 4 heteroatoms. The van der Waals surface area contributed by atoms with Crippen molar-refractivity contribution in [3.8, 4) is 0 Å². The summed E-state index contributed by atoms with van der Waals surface area (Å²) in [5, 5.41) is 9.06. The number of aliphatic carboxylic acids is 1. The number of ketones is 1. The zero-order chi connectivity index (χ0) is 11.1. The molecule has 84 valence electrons. The predicted octanol–water partition coefficient (Wildman–Crippen LogP) is 1.24. The molecule has 2 fully saturated rings. The second kappa shape index (κ2) is 3.59. The highest BCUT2D eigenvalue weighted by Gasteiger charge is 2.60. The van der Waals surface area contributed by atoms with E-state index in [9.17, 15) is 9.59 Å². The zero-order valence-corrected chi connectivity index (χ0v) is 8.86. The molecule has 1 aliphatic heterocycles. The number of hydrogen-bond donors (Lipinski definition) is 1. The van der Waals surface area contributed by atoms with Crippen LogP contribution in [-0.2, 0) is 14.3 Å². The van der Waals surface area contributed by atoms with Crippen molar-refractivity contribution in [3.05, 3.63) is 0 Å². The summed E-state index contributed by atoms with van der Waals surface area (Å²) in [6.07, 6.45) is 2.91. The Morgan fingerprint density at radius 1 is 1.53 bits per heavy atom. The van der Waals surface area contributed by atoms with Crippen molar-refractivity contribution in [3.63, 3.8) is 0 Å². The smallest absolute Gasteiger partial charge is 0.309 e. The number of fused-ring (bicyclic) bond motifs is 1. The van der Waals surface area contributed by atoms with E-state index in [1.54, 1.807) is 0 Å². The normalized spacial score (nSPS) is 39.0. The van der Waals surface area contributed by atoms with E-state index in [4.69, 9.17) is 9.84 Å². The van der Waals surface area contributed by atoms with Crippen LogP contribution >= 0.6 is 0 Å². The van der Waals surface area contributed by atoms with Crippen molar-refractivity contribution in [1.29, 1.82) is 0 Å². The van der Waals surface area contributed by atoms with Gasteiger partial charge in [-0.05, 0) is 32.1 Å². The van der Waals surface area contributed by atoms with E-state index in [2.05, 4.69) is 0 Å². The van der Waals surface area contributed by atoms with Crippen LogP contribution in [-0.4, -0.2) is 29.1 Å². The molecule has 1 saturated heterocycles. The van der Waals surface area contributed by atoms with E-state index < -0.39 is 17.5 Å². The number of carboxylic acids is 1. The average Bonchev–Trinajstić information content (AvgIpc) is 2.10. The number of carbonyl (C=O) groups excluding carboxylic acids is 1. The van der Waals surface area contributed by atoms with Crippen LogP contribution in [0.2, 0.25) is 0 Å². The van der Waals surface area contributed by atoms with Gasteiger partial charge in [-0.1, -0.05) is 0 Å². The Morgan fingerprint density at radius 3 is 2.80 bits per heavy atom.